The van der Waals surface area contributed by atoms with Crippen molar-refractivity contribution in [1.82, 2.24) is 14.8 Å². The summed E-state index contributed by atoms with van der Waals surface area (Å²) in [5.41, 5.74) is 0. The highest BCUT2D eigenvalue weighted by Gasteiger charge is 2.25. The first kappa shape index (κ1) is 13.4. The van der Waals surface area contributed by atoms with E-state index in [9.17, 15) is 8.42 Å². The highest BCUT2D eigenvalue weighted by molar-refractivity contribution is 8.13. The Bertz CT molecular complexity index is 467. The molecule has 0 spiro atoms. The van der Waals surface area contributed by atoms with Crippen molar-refractivity contribution in [3.63, 3.8) is 0 Å². The normalized spacial score (nSPS) is 14.4. The summed E-state index contributed by atoms with van der Waals surface area (Å²) in [6, 6.07) is 0. The zero-order valence-electron chi connectivity index (χ0n) is 9.81. The smallest absolute Gasteiger partial charge is 0.296 e. The third kappa shape index (κ3) is 2.55. The minimum Gasteiger partial charge on any atom is -0.301 e. The molecule has 1 aromatic rings. The number of aromatic nitrogens is 3. The number of hydrogen-bond acceptors (Lipinski definition) is 4. The monoisotopic (exact) mass is 265 g/mol. The van der Waals surface area contributed by atoms with E-state index in [1.54, 1.807) is 4.57 Å². The molecular formula is C9H16ClN3O2S. The molecule has 1 unspecified atom stereocenters. The molecule has 1 rings (SSSR count). The summed E-state index contributed by atoms with van der Waals surface area (Å²) < 4.78 is 24.1. The molecular weight excluding hydrogens is 250 g/mol. The van der Waals surface area contributed by atoms with Crippen LogP contribution in [0.4, 0.5) is 0 Å². The van der Waals surface area contributed by atoms with Gasteiger partial charge in [-0.2, -0.15) is 0 Å². The zero-order chi connectivity index (χ0) is 12.5. The van der Waals surface area contributed by atoms with Gasteiger partial charge in [-0.1, -0.05) is 20.8 Å². The molecule has 0 amide bonds. The lowest BCUT2D eigenvalue weighted by Gasteiger charge is -2.15. The standard InChI is InChI=1S/C9H16ClN3O2S/c1-5-13-8(7(4)6(2)3)11-12-9(13)16(10,14)15/h6-7H,5H2,1-4H3. The fourth-order valence-electron chi connectivity index (χ4n) is 1.41. The van der Waals surface area contributed by atoms with Crippen LogP contribution in [0.15, 0.2) is 5.16 Å². The van der Waals surface area contributed by atoms with Gasteiger partial charge in [-0.3, -0.25) is 0 Å². The lowest BCUT2D eigenvalue weighted by Crippen LogP contribution is -2.13. The van der Waals surface area contributed by atoms with Crippen molar-refractivity contribution in [2.24, 2.45) is 5.92 Å². The predicted molar refractivity (Wildman–Crippen MR) is 62.0 cm³/mol. The molecule has 5 nitrogen and oxygen atoms in total. The summed E-state index contributed by atoms with van der Waals surface area (Å²) in [6.07, 6.45) is 0. The Labute approximate surface area is 100 Å². The van der Waals surface area contributed by atoms with Gasteiger partial charge in [0, 0.05) is 23.1 Å². The Balaban J connectivity index is 3.30. The molecule has 1 heterocycles. The summed E-state index contributed by atoms with van der Waals surface area (Å²) in [6.45, 7) is 8.42. The summed E-state index contributed by atoms with van der Waals surface area (Å²) in [7, 11) is 1.47. The van der Waals surface area contributed by atoms with E-state index in [2.05, 4.69) is 10.2 Å². The Hall–Kier alpha value is -0.620. The van der Waals surface area contributed by atoms with Gasteiger partial charge in [-0.15, -0.1) is 10.2 Å². The second-order valence-corrected chi connectivity index (χ2v) is 6.52. The van der Waals surface area contributed by atoms with Crippen molar-refractivity contribution in [3.05, 3.63) is 5.82 Å². The van der Waals surface area contributed by atoms with Crippen LogP contribution in [-0.4, -0.2) is 23.2 Å². The maximum Gasteiger partial charge on any atom is 0.296 e. The number of rotatable bonds is 4. The van der Waals surface area contributed by atoms with Gasteiger partial charge < -0.3 is 4.57 Å². The Morgan fingerprint density at radius 1 is 1.31 bits per heavy atom. The minimum atomic E-state index is -3.82. The maximum atomic E-state index is 11.3. The van der Waals surface area contributed by atoms with Crippen LogP contribution in [0.3, 0.4) is 0 Å². The van der Waals surface area contributed by atoms with Crippen LogP contribution in [0, 0.1) is 5.92 Å². The summed E-state index contributed by atoms with van der Waals surface area (Å²) in [5, 5.41) is 7.41. The molecule has 0 aliphatic heterocycles. The Kier molecular flexibility index (Phi) is 3.96. The van der Waals surface area contributed by atoms with Gasteiger partial charge >= 0.3 is 0 Å². The highest BCUT2D eigenvalue weighted by Crippen LogP contribution is 2.24. The van der Waals surface area contributed by atoms with Gasteiger partial charge in [-0.05, 0) is 12.8 Å². The SMILES string of the molecule is CCn1c(C(C)C(C)C)nnc1S(=O)(=O)Cl. The zero-order valence-corrected chi connectivity index (χ0v) is 11.4. The van der Waals surface area contributed by atoms with Crippen molar-refractivity contribution in [2.45, 2.75) is 45.3 Å². The average Bonchev–Trinajstić information content (AvgIpc) is 2.58. The van der Waals surface area contributed by atoms with Crippen LogP contribution in [0.1, 0.15) is 39.4 Å². The van der Waals surface area contributed by atoms with E-state index >= 15 is 0 Å². The molecule has 1 atom stereocenters. The highest BCUT2D eigenvalue weighted by atomic mass is 35.7. The van der Waals surface area contributed by atoms with Crippen molar-refractivity contribution < 1.29 is 8.42 Å². The van der Waals surface area contributed by atoms with Gasteiger partial charge in [0.25, 0.3) is 14.2 Å². The van der Waals surface area contributed by atoms with E-state index in [0.717, 1.165) is 0 Å². The van der Waals surface area contributed by atoms with Crippen LogP contribution in [0.25, 0.3) is 0 Å². The fourth-order valence-corrected chi connectivity index (χ4v) is 2.38. The molecule has 0 bridgehead atoms. The molecule has 0 saturated heterocycles. The lowest BCUT2D eigenvalue weighted by atomic mass is 9.97. The molecule has 16 heavy (non-hydrogen) atoms. The molecule has 92 valence electrons. The van der Waals surface area contributed by atoms with Gasteiger partial charge in [-0.25, -0.2) is 8.42 Å². The second-order valence-electron chi connectivity index (χ2n) is 4.06. The summed E-state index contributed by atoms with van der Waals surface area (Å²) in [4.78, 5) is 0. The fraction of sp³-hybridized carbons (Fsp3) is 0.778. The van der Waals surface area contributed by atoms with Crippen LogP contribution < -0.4 is 0 Å². The molecule has 0 aliphatic rings. The molecule has 0 saturated carbocycles. The van der Waals surface area contributed by atoms with Crippen LogP contribution in [-0.2, 0) is 15.6 Å². The topological polar surface area (TPSA) is 64.8 Å². The summed E-state index contributed by atoms with van der Waals surface area (Å²) >= 11 is 0. The van der Waals surface area contributed by atoms with Crippen LogP contribution in [0.2, 0.25) is 0 Å². The van der Waals surface area contributed by atoms with E-state index in [1.807, 2.05) is 27.7 Å². The summed E-state index contributed by atoms with van der Waals surface area (Å²) in [5.74, 6) is 1.16. The first-order chi connectivity index (χ1) is 7.29. The Morgan fingerprint density at radius 3 is 2.25 bits per heavy atom. The maximum absolute atomic E-state index is 11.3. The number of nitrogens with zero attached hydrogens (tertiary/aromatic N) is 3. The van der Waals surface area contributed by atoms with E-state index < -0.39 is 9.05 Å². The minimum absolute atomic E-state index is 0.139. The first-order valence-electron chi connectivity index (χ1n) is 5.16. The van der Waals surface area contributed by atoms with Gasteiger partial charge in [0.05, 0.1) is 0 Å². The van der Waals surface area contributed by atoms with Crippen molar-refractivity contribution in [2.75, 3.05) is 0 Å². The third-order valence-electron chi connectivity index (χ3n) is 2.69. The van der Waals surface area contributed by atoms with E-state index in [-0.39, 0.29) is 11.1 Å². The van der Waals surface area contributed by atoms with Crippen LogP contribution in [0.5, 0.6) is 0 Å². The molecule has 0 radical (unpaired) electrons. The van der Waals surface area contributed by atoms with E-state index in [1.165, 1.54) is 0 Å². The lowest BCUT2D eigenvalue weighted by molar-refractivity contribution is 0.477. The van der Waals surface area contributed by atoms with Gasteiger partial charge in [0.1, 0.15) is 5.82 Å². The average molecular weight is 266 g/mol. The van der Waals surface area contributed by atoms with Crippen molar-refractivity contribution in [1.29, 1.82) is 0 Å². The Morgan fingerprint density at radius 2 is 1.88 bits per heavy atom. The number of hydrogen-bond donors (Lipinski definition) is 0. The molecule has 0 aliphatic carbocycles. The first-order valence-corrected chi connectivity index (χ1v) is 7.47. The van der Waals surface area contributed by atoms with E-state index in [4.69, 9.17) is 10.7 Å². The second kappa shape index (κ2) is 4.71. The van der Waals surface area contributed by atoms with Gasteiger partial charge in [0.2, 0.25) is 0 Å². The molecule has 7 heteroatoms. The third-order valence-corrected chi connectivity index (χ3v) is 3.84. The van der Waals surface area contributed by atoms with Crippen LogP contribution >= 0.6 is 10.7 Å². The van der Waals surface area contributed by atoms with Crippen molar-refractivity contribution >= 4 is 19.7 Å². The van der Waals surface area contributed by atoms with E-state index in [0.29, 0.717) is 18.3 Å². The largest absolute Gasteiger partial charge is 0.301 e. The quantitative estimate of drug-likeness (QED) is 0.781. The van der Waals surface area contributed by atoms with Gasteiger partial charge in [0.15, 0.2) is 0 Å². The molecule has 0 fully saturated rings. The number of halogens is 1. The molecule has 0 N–H and O–H groups in total. The predicted octanol–water partition coefficient (Wildman–Crippen LogP) is 1.98. The molecule has 1 aromatic heterocycles. The van der Waals surface area contributed by atoms with Crippen molar-refractivity contribution in [3.8, 4) is 0 Å². The molecule has 0 aromatic carbocycles.